The molecule has 0 saturated carbocycles. The first-order valence-electron chi connectivity index (χ1n) is 6.71. The number of halogens is 1. The van der Waals surface area contributed by atoms with E-state index in [0.717, 1.165) is 22.6 Å². The molecule has 0 heterocycles. The largest absolute Gasteiger partial charge is 0.355 e. The Bertz CT molecular complexity index is 578. The highest BCUT2D eigenvalue weighted by atomic mass is 35.5. The topological polar surface area (TPSA) is 29.1 Å². The summed E-state index contributed by atoms with van der Waals surface area (Å²) in [6.07, 6.45) is 1.25. The second-order valence-corrected chi connectivity index (χ2v) is 5.27. The third kappa shape index (κ3) is 4.39. The monoisotopic (exact) mass is 287 g/mol. The lowest BCUT2D eigenvalue weighted by Gasteiger charge is -2.07. The number of nitrogens with one attached hydrogen (secondary N) is 1. The van der Waals surface area contributed by atoms with Gasteiger partial charge in [-0.05, 0) is 42.2 Å². The van der Waals surface area contributed by atoms with Crippen molar-refractivity contribution in [1.29, 1.82) is 0 Å². The average molecular weight is 288 g/mol. The third-order valence-corrected chi connectivity index (χ3v) is 3.51. The molecule has 0 fully saturated rings. The maximum absolute atomic E-state index is 11.9. The SMILES string of the molecule is Cc1ccccc1CC(=O)NCCc1ccc(Cl)cc1. The van der Waals surface area contributed by atoms with Crippen LogP contribution in [0.3, 0.4) is 0 Å². The van der Waals surface area contributed by atoms with Gasteiger partial charge in [0.2, 0.25) is 5.91 Å². The Morgan fingerprint density at radius 1 is 1.10 bits per heavy atom. The van der Waals surface area contributed by atoms with E-state index in [0.29, 0.717) is 13.0 Å². The minimum Gasteiger partial charge on any atom is -0.355 e. The first-order valence-corrected chi connectivity index (χ1v) is 7.08. The molecule has 0 aliphatic rings. The van der Waals surface area contributed by atoms with Crippen molar-refractivity contribution in [1.82, 2.24) is 5.32 Å². The summed E-state index contributed by atoms with van der Waals surface area (Å²) in [4.78, 5) is 11.9. The van der Waals surface area contributed by atoms with Crippen LogP contribution in [0.4, 0.5) is 0 Å². The van der Waals surface area contributed by atoms with Gasteiger partial charge in [0.1, 0.15) is 0 Å². The van der Waals surface area contributed by atoms with E-state index >= 15 is 0 Å². The van der Waals surface area contributed by atoms with Gasteiger partial charge in [-0.15, -0.1) is 0 Å². The Hall–Kier alpha value is -1.80. The van der Waals surface area contributed by atoms with Gasteiger partial charge in [-0.3, -0.25) is 4.79 Å². The van der Waals surface area contributed by atoms with Crippen molar-refractivity contribution >= 4 is 17.5 Å². The highest BCUT2D eigenvalue weighted by Crippen LogP contribution is 2.10. The molecular formula is C17H18ClNO. The number of rotatable bonds is 5. The molecule has 1 amide bonds. The van der Waals surface area contributed by atoms with Crippen molar-refractivity contribution in [2.45, 2.75) is 19.8 Å². The Morgan fingerprint density at radius 3 is 2.50 bits per heavy atom. The molecule has 3 heteroatoms. The van der Waals surface area contributed by atoms with E-state index in [2.05, 4.69) is 5.32 Å². The van der Waals surface area contributed by atoms with E-state index in [-0.39, 0.29) is 5.91 Å². The lowest BCUT2D eigenvalue weighted by Crippen LogP contribution is -2.27. The van der Waals surface area contributed by atoms with Gasteiger partial charge in [-0.25, -0.2) is 0 Å². The van der Waals surface area contributed by atoms with Gasteiger partial charge in [0.05, 0.1) is 6.42 Å². The van der Waals surface area contributed by atoms with Crippen LogP contribution in [0.25, 0.3) is 0 Å². The van der Waals surface area contributed by atoms with E-state index in [1.807, 2.05) is 55.5 Å². The number of aryl methyl sites for hydroxylation is 1. The van der Waals surface area contributed by atoms with Crippen LogP contribution in [-0.4, -0.2) is 12.5 Å². The Kier molecular flexibility index (Phi) is 5.19. The van der Waals surface area contributed by atoms with Gasteiger partial charge >= 0.3 is 0 Å². The number of carbonyl (C=O) groups excluding carboxylic acids is 1. The zero-order chi connectivity index (χ0) is 14.4. The molecular weight excluding hydrogens is 270 g/mol. The zero-order valence-corrected chi connectivity index (χ0v) is 12.3. The van der Waals surface area contributed by atoms with Gasteiger partial charge < -0.3 is 5.32 Å². The summed E-state index contributed by atoms with van der Waals surface area (Å²) >= 11 is 5.83. The molecule has 0 aromatic heterocycles. The molecule has 0 aliphatic heterocycles. The van der Waals surface area contributed by atoms with Gasteiger partial charge in [-0.1, -0.05) is 48.0 Å². The van der Waals surface area contributed by atoms with Crippen molar-refractivity contribution < 1.29 is 4.79 Å². The van der Waals surface area contributed by atoms with Crippen LogP contribution in [0.1, 0.15) is 16.7 Å². The molecule has 0 saturated heterocycles. The van der Waals surface area contributed by atoms with Gasteiger partial charge in [0.15, 0.2) is 0 Å². The zero-order valence-electron chi connectivity index (χ0n) is 11.5. The third-order valence-electron chi connectivity index (χ3n) is 3.26. The van der Waals surface area contributed by atoms with E-state index in [4.69, 9.17) is 11.6 Å². The van der Waals surface area contributed by atoms with Crippen LogP contribution in [0.2, 0.25) is 5.02 Å². The summed E-state index contributed by atoms with van der Waals surface area (Å²) < 4.78 is 0. The summed E-state index contributed by atoms with van der Waals surface area (Å²) in [5, 5.41) is 3.68. The standard InChI is InChI=1S/C17H18ClNO/c1-13-4-2-3-5-15(13)12-17(20)19-11-10-14-6-8-16(18)9-7-14/h2-9H,10-12H2,1H3,(H,19,20). The highest BCUT2D eigenvalue weighted by molar-refractivity contribution is 6.30. The molecule has 0 radical (unpaired) electrons. The van der Waals surface area contributed by atoms with Gasteiger partial charge in [-0.2, -0.15) is 0 Å². The number of hydrogen-bond donors (Lipinski definition) is 1. The molecule has 0 aliphatic carbocycles. The quantitative estimate of drug-likeness (QED) is 0.895. The predicted octanol–water partition coefficient (Wildman–Crippen LogP) is 3.55. The van der Waals surface area contributed by atoms with Crippen molar-refractivity contribution in [3.8, 4) is 0 Å². The molecule has 0 unspecified atom stereocenters. The van der Waals surface area contributed by atoms with Crippen molar-refractivity contribution in [3.63, 3.8) is 0 Å². The maximum Gasteiger partial charge on any atom is 0.224 e. The van der Waals surface area contributed by atoms with Crippen LogP contribution in [-0.2, 0) is 17.6 Å². The Labute approximate surface area is 124 Å². The minimum atomic E-state index is 0.0632. The summed E-state index contributed by atoms with van der Waals surface area (Å²) in [6.45, 7) is 2.67. The van der Waals surface area contributed by atoms with E-state index in [1.165, 1.54) is 5.56 Å². The minimum absolute atomic E-state index is 0.0632. The van der Waals surface area contributed by atoms with E-state index in [9.17, 15) is 4.79 Å². The molecule has 104 valence electrons. The molecule has 20 heavy (non-hydrogen) atoms. The number of hydrogen-bond acceptors (Lipinski definition) is 1. The fourth-order valence-corrected chi connectivity index (χ4v) is 2.17. The van der Waals surface area contributed by atoms with Crippen molar-refractivity contribution in [2.24, 2.45) is 0 Å². The molecule has 2 aromatic rings. The first-order chi connectivity index (χ1) is 9.65. The maximum atomic E-state index is 11.9. The molecule has 0 bridgehead atoms. The Morgan fingerprint density at radius 2 is 1.80 bits per heavy atom. The predicted molar refractivity (Wildman–Crippen MR) is 83.0 cm³/mol. The highest BCUT2D eigenvalue weighted by Gasteiger charge is 2.04. The molecule has 1 N–H and O–H groups in total. The van der Waals surface area contributed by atoms with Crippen LogP contribution in [0.15, 0.2) is 48.5 Å². The van der Waals surface area contributed by atoms with Crippen LogP contribution < -0.4 is 5.32 Å². The van der Waals surface area contributed by atoms with Crippen molar-refractivity contribution in [3.05, 3.63) is 70.2 Å². The fourth-order valence-electron chi connectivity index (χ4n) is 2.04. The second kappa shape index (κ2) is 7.11. The smallest absolute Gasteiger partial charge is 0.224 e. The number of amides is 1. The lowest BCUT2D eigenvalue weighted by molar-refractivity contribution is -0.120. The lowest BCUT2D eigenvalue weighted by atomic mass is 10.1. The molecule has 2 rings (SSSR count). The molecule has 2 aromatic carbocycles. The summed E-state index contributed by atoms with van der Waals surface area (Å²) in [7, 11) is 0. The molecule has 2 nitrogen and oxygen atoms in total. The molecule has 0 atom stereocenters. The summed E-state index contributed by atoms with van der Waals surface area (Å²) in [6, 6.07) is 15.7. The van der Waals surface area contributed by atoms with Crippen LogP contribution >= 0.6 is 11.6 Å². The van der Waals surface area contributed by atoms with Gasteiger partial charge in [0.25, 0.3) is 0 Å². The fraction of sp³-hybridized carbons (Fsp3) is 0.235. The summed E-state index contributed by atoms with van der Waals surface area (Å²) in [5.41, 5.74) is 3.41. The van der Waals surface area contributed by atoms with Crippen molar-refractivity contribution in [2.75, 3.05) is 6.54 Å². The van der Waals surface area contributed by atoms with E-state index < -0.39 is 0 Å². The van der Waals surface area contributed by atoms with E-state index in [1.54, 1.807) is 0 Å². The number of benzene rings is 2. The average Bonchev–Trinajstić information content (AvgIpc) is 2.44. The van der Waals surface area contributed by atoms with Gasteiger partial charge in [0, 0.05) is 11.6 Å². The van der Waals surface area contributed by atoms with Crippen LogP contribution in [0, 0.1) is 6.92 Å². The normalized spacial score (nSPS) is 10.3. The summed E-state index contributed by atoms with van der Waals surface area (Å²) in [5.74, 6) is 0.0632. The number of carbonyl (C=O) groups is 1. The molecule has 0 spiro atoms. The van der Waals surface area contributed by atoms with Crippen LogP contribution in [0.5, 0.6) is 0 Å². The first kappa shape index (κ1) is 14.6. The Balaban J connectivity index is 1.78. The second-order valence-electron chi connectivity index (χ2n) is 4.83.